The zero-order chi connectivity index (χ0) is 15.7. The first kappa shape index (κ1) is 14.3. The molecule has 1 heterocycles. The van der Waals surface area contributed by atoms with Gasteiger partial charge >= 0.3 is 5.97 Å². The van der Waals surface area contributed by atoms with Crippen molar-refractivity contribution in [2.45, 2.75) is 20.4 Å². The summed E-state index contributed by atoms with van der Waals surface area (Å²) in [5.74, 6) is -0.305. The summed E-state index contributed by atoms with van der Waals surface area (Å²) in [6.07, 6.45) is 0. The number of nitrogens with zero attached hydrogens (tertiary/aromatic N) is 2. The molecule has 0 aliphatic heterocycles. The summed E-state index contributed by atoms with van der Waals surface area (Å²) in [6, 6.07) is 14.3. The Kier molecular flexibility index (Phi) is 3.67. The monoisotopic (exact) mass is 294 g/mol. The number of benzene rings is 2. The third-order valence-electron chi connectivity index (χ3n) is 3.81. The standard InChI is InChI=1S/C18H18N2O2/c1-12-8-9-13(2)15(10-12)18-14-6-4-5-7-16(14)20(19-18)11-17(21)22-3/h4-10H,11H2,1-3H3. The second kappa shape index (κ2) is 5.64. The van der Waals surface area contributed by atoms with Crippen molar-refractivity contribution >= 4 is 16.9 Å². The topological polar surface area (TPSA) is 44.1 Å². The first-order chi connectivity index (χ1) is 10.6. The SMILES string of the molecule is COC(=O)Cn1nc(-c2cc(C)ccc2C)c2ccccc21. The van der Waals surface area contributed by atoms with E-state index in [2.05, 4.69) is 37.1 Å². The molecule has 112 valence electrons. The van der Waals surface area contributed by atoms with Crippen LogP contribution >= 0.6 is 0 Å². The maximum absolute atomic E-state index is 11.6. The van der Waals surface area contributed by atoms with Crippen molar-refractivity contribution in [2.75, 3.05) is 7.11 Å². The quantitative estimate of drug-likeness (QED) is 0.694. The van der Waals surface area contributed by atoms with Gasteiger partial charge in [0, 0.05) is 10.9 Å². The number of hydrogen-bond donors (Lipinski definition) is 0. The first-order valence-electron chi connectivity index (χ1n) is 7.20. The largest absolute Gasteiger partial charge is 0.468 e. The number of aryl methyl sites for hydroxylation is 2. The molecule has 0 aliphatic rings. The van der Waals surface area contributed by atoms with Gasteiger partial charge < -0.3 is 4.74 Å². The average molecular weight is 294 g/mol. The van der Waals surface area contributed by atoms with Crippen molar-refractivity contribution in [1.82, 2.24) is 9.78 Å². The number of fused-ring (bicyclic) bond motifs is 1. The van der Waals surface area contributed by atoms with Crippen LogP contribution in [0.2, 0.25) is 0 Å². The summed E-state index contributed by atoms with van der Waals surface area (Å²) >= 11 is 0. The minimum absolute atomic E-state index is 0.113. The number of carbonyl (C=O) groups excluding carboxylic acids is 1. The molecule has 4 heteroatoms. The van der Waals surface area contributed by atoms with E-state index in [1.165, 1.54) is 18.2 Å². The number of esters is 1. The van der Waals surface area contributed by atoms with Gasteiger partial charge in [-0.3, -0.25) is 9.48 Å². The molecule has 0 bridgehead atoms. The molecule has 4 nitrogen and oxygen atoms in total. The smallest absolute Gasteiger partial charge is 0.327 e. The molecule has 0 saturated heterocycles. The van der Waals surface area contributed by atoms with Crippen LogP contribution in [-0.2, 0) is 16.1 Å². The predicted molar refractivity (Wildman–Crippen MR) is 86.7 cm³/mol. The van der Waals surface area contributed by atoms with Gasteiger partial charge in [-0.2, -0.15) is 5.10 Å². The molecule has 0 N–H and O–H groups in total. The highest BCUT2D eigenvalue weighted by atomic mass is 16.5. The van der Waals surface area contributed by atoms with Crippen LogP contribution in [0.4, 0.5) is 0 Å². The second-order valence-corrected chi connectivity index (χ2v) is 5.42. The van der Waals surface area contributed by atoms with Gasteiger partial charge in [0.15, 0.2) is 0 Å². The molecular formula is C18H18N2O2. The zero-order valence-corrected chi connectivity index (χ0v) is 13.0. The third kappa shape index (κ3) is 2.48. The molecule has 0 atom stereocenters. The maximum Gasteiger partial charge on any atom is 0.327 e. The summed E-state index contributed by atoms with van der Waals surface area (Å²) in [5.41, 5.74) is 5.29. The maximum atomic E-state index is 11.6. The van der Waals surface area contributed by atoms with Gasteiger partial charge in [0.2, 0.25) is 0 Å². The first-order valence-corrected chi connectivity index (χ1v) is 7.20. The van der Waals surface area contributed by atoms with E-state index >= 15 is 0 Å². The molecule has 3 rings (SSSR count). The highest BCUT2D eigenvalue weighted by molar-refractivity contribution is 5.94. The van der Waals surface area contributed by atoms with Crippen molar-refractivity contribution in [1.29, 1.82) is 0 Å². The Hall–Kier alpha value is -2.62. The van der Waals surface area contributed by atoms with Crippen LogP contribution in [0.3, 0.4) is 0 Å². The van der Waals surface area contributed by atoms with Gasteiger partial charge in [-0.1, -0.05) is 35.9 Å². The van der Waals surface area contributed by atoms with Gasteiger partial charge in [0.1, 0.15) is 12.2 Å². The lowest BCUT2D eigenvalue weighted by Gasteiger charge is -2.04. The minimum Gasteiger partial charge on any atom is -0.468 e. The van der Waals surface area contributed by atoms with Crippen LogP contribution in [-0.4, -0.2) is 22.9 Å². The van der Waals surface area contributed by atoms with Gasteiger partial charge in [-0.05, 0) is 31.5 Å². The Balaban J connectivity index is 2.22. The molecule has 0 spiro atoms. The summed E-state index contributed by atoms with van der Waals surface area (Å²) in [5, 5.41) is 5.71. The van der Waals surface area contributed by atoms with E-state index in [1.54, 1.807) is 4.68 Å². The molecule has 0 radical (unpaired) electrons. The Morgan fingerprint density at radius 2 is 1.95 bits per heavy atom. The average Bonchev–Trinajstić information content (AvgIpc) is 2.88. The number of rotatable bonds is 3. The molecule has 22 heavy (non-hydrogen) atoms. The van der Waals surface area contributed by atoms with Gasteiger partial charge in [-0.25, -0.2) is 0 Å². The number of ether oxygens (including phenoxy) is 1. The fourth-order valence-electron chi connectivity index (χ4n) is 2.62. The number of aromatic nitrogens is 2. The lowest BCUT2D eigenvalue weighted by atomic mass is 10.0. The van der Waals surface area contributed by atoms with Gasteiger partial charge in [-0.15, -0.1) is 0 Å². The van der Waals surface area contributed by atoms with Crippen LogP contribution in [0.5, 0.6) is 0 Å². The van der Waals surface area contributed by atoms with Crippen LogP contribution < -0.4 is 0 Å². The zero-order valence-electron chi connectivity index (χ0n) is 13.0. The number of hydrogen-bond acceptors (Lipinski definition) is 3. The normalized spacial score (nSPS) is 10.9. The van der Waals surface area contributed by atoms with Crippen LogP contribution in [0, 0.1) is 13.8 Å². The van der Waals surface area contributed by atoms with Crippen molar-refractivity contribution in [3.05, 3.63) is 53.6 Å². The van der Waals surface area contributed by atoms with Crippen LogP contribution in [0.1, 0.15) is 11.1 Å². The van der Waals surface area contributed by atoms with Gasteiger partial charge in [0.25, 0.3) is 0 Å². The minimum atomic E-state index is -0.305. The van der Waals surface area contributed by atoms with E-state index in [0.29, 0.717) is 0 Å². The van der Waals surface area contributed by atoms with E-state index in [-0.39, 0.29) is 12.5 Å². The summed E-state index contributed by atoms with van der Waals surface area (Å²) in [7, 11) is 1.39. The highest BCUT2D eigenvalue weighted by Gasteiger charge is 2.15. The predicted octanol–water partition coefficient (Wildman–Crippen LogP) is 3.49. The molecule has 0 unspecified atom stereocenters. The Bertz CT molecular complexity index is 849. The number of carbonyl (C=O) groups is 1. The fraction of sp³-hybridized carbons (Fsp3) is 0.222. The molecule has 0 amide bonds. The lowest BCUT2D eigenvalue weighted by molar-refractivity contribution is -0.141. The Morgan fingerprint density at radius 1 is 1.18 bits per heavy atom. The van der Waals surface area contributed by atoms with E-state index in [9.17, 15) is 4.79 Å². The van der Waals surface area contributed by atoms with Crippen LogP contribution in [0.15, 0.2) is 42.5 Å². The molecule has 0 fully saturated rings. The van der Waals surface area contributed by atoms with E-state index < -0.39 is 0 Å². The lowest BCUT2D eigenvalue weighted by Crippen LogP contribution is -2.12. The molecule has 0 saturated carbocycles. The van der Waals surface area contributed by atoms with Crippen molar-refractivity contribution in [3.63, 3.8) is 0 Å². The Labute approximate surface area is 129 Å². The van der Waals surface area contributed by atoms with Crippen molar-refractivity contribution in [2.24, 2.45) is 0 Å². The third-order valence-corrected chi connectivity index (χ3v) is 3.81. The molecule has 3 aromatic rings. The number of methoxy groups -OCH3 is 1. The summed E-state index contributed by atoms with van der Waals surface area (Å²) < 4.78 is 6.47. The molecule has 0 aliphatic carbocycles. The fourth-order valence-corrected chi connectivity index (χ4v) is 2.62. The van der Waals surface area contributed by atoms with E-state index in [0.717, 1.165) is 22.2 Å². The highest BCUT2D eigenvalue weighted by Crippen LogP contribution is 2.30. The van der Waals surface area contributed by atoms with E-state index in [4.69, 9.17) is 4.74 Å². The number of para-hydroxylation sites is 1. The van der Waals surface area contributed by atoms with Gasteiger partial charge in [0.05, 0.1) is 12.6 Å². The molecule has 1 aromatic heterocycles. The summed E-state index contributed by atoms with van der Waals surface area (Å²) in [6.45, 7) is 4.25. The van der Waals surface area contributed by atoms with Crippen molar-refractivity contribution < 1.29 is 9.53 Å². The van der Waals surface area contributed by atoms with E-state index in [1.807, 2.05) is 24.3 Å². The molecular weight excluding hydrogens is 276 g/mol. The Morgan fingerprint density at radius 3 is 2.73 bits per heavy atom. The van der Waals surface area contributed by atoms with Crippen molar-refractivity contribution in [3.8, 4) is 11.3 Å². The second-order valence-electron chi connectivity index (χ2n) is 5.42. The molecule has 2 aromatic carbocycles. The van der Waals surface area contributed by atoms with Crippen LogP contribution in [0.25, 0.3) is 22.2 Å². The summed E-state index contributed by atoms with van der Waals surface area (Å²) in [4.78, 5) is 11.6.